The molecule has 21 heteroatoms. The number of thiophene rings is 1. The number of carbonyl (C=O) groups is 4. The summed E-state index contributed by atoms with van der Waals surface area (Å²) >= 11 is 9.49. The van der Waals surface area contributed by atoms with Crippen molar-refractivity contribution in [2.75, 3.05) is 58.1 Å². The van der Waals surface area contributed by atoms with E-state index in [-0.39, 0.29) is 57.6 Å². The zero-order valence-electron chi connectivity index (χ0n) is 45.1. The number of aromatic nitrogens is 4. The van der Waals surface area contributed by atoms with Crippen LogP contribution in [0.5, 0.6) is 5.75 Å². The molecule has 4 amide bonds. The highest BCUT2D eigenvalue weighted by Crippen LogP contribution is 2.40. The summed E-state index contributed by atoms with van der Waals surface area (Å²) in [6, 6.07) is 20.3. The van der Waals surface area contributed by atoms with Gasteiger partial charge in [0.25, 0.3) is 0 Å². The predicted octanol–water partition coefficient (Wildman–Crippen LogP) is 8.28. The minimum Gasteiger partial charge on any atom is -0.494 e. The van der Waals surface area contributed by atoms with Crippen LogP contribution in [0.4, 0.5) is 5.69 Å². The van der Waals surface area contributed by atoms with E-state index in [1.807, 2.05) is 117 Å². The van der Waals surface area contributed by atoms with E-state index in [0.29, 0.717) is 48.7 Å². The van der Waals surface area contributed by atoms with Crippen molar-refractivity contribution in [3.63, 3.8) is 0 Å². The van der Waals surface area contributed by atoms with Crippen molar-refractivity contribution in [2.24, 2.45) is 10.4 Å². The Balaban J connectivity index is 0.684. The van der Waals surface area contributed by atoms with Crippen LogP contribution in [0.15, 0.2) is 83.3 Å². The summed E-state index contributed by atoms with van der Waals surface area (Å²) in [5.41, 5.74) is 8.45. The summed E-state index contributed by atoms with van der Waals surface area (Å²) in [6.07, 6.45) is 0.826. The molecule has 0 saturated carbocycles. The fourth-order valence-electron chi connectivity index (χ4n) is 9.24. The van der Waals surface area contributed by atoms with Crippen molar-refractivity contribution in [3.05, 3.63) is 128 Å². The number of aryl methyl sites for hydroxylation is 3. The molecule has 5 heterocycles. The molecule has 78 heavy (non-hydrogen) atoms. The lowest BCUT2D eigenvalue weighted by Gasteiger charge is -2.35. The van der Waals surface area contributed by atoms with Gasteiger partial charge in [-0.2, -0.15) is 0 Å². The number of β-amino-alcohol motifs (C(OH)–C–C–N with tert-alkyl or cyclic N) is 1. The highest BCUT2D eigenvalue weighted by molar-refractivity contribution is 7.15. The summed E-state index contributed by atoms with van der Waals surface area (Å²) in [7, 11) is 0. The quantitative estimate of drug-likeness (QED) is 0.0421. The molecule has 3 aromatic heterocycles. The molecular formula is C57H68ClN9O9S2. The van der Waals surface area contributed by atoms with E-state index in [1.54, 1.807) is 22.7 Å². The van der Waals surface area contributed by atoms with Crippen LogP contribution in [0.1, 0.15) is 97.0 Å². The number of nitrogens with zero attached hydrogens (tertiary/aromatic N) is 6. The Kier molecular flexibility index (Phi) is 19.6. The normalized spacial score (nSPS) is 16.4. The number of hydrogen-bond acceptors (Lipinski definition) is 15. The van der Waals surface area contributed by atoms with Gasteiger partial charge in [-0.25, -0.2) is 4.98 Å². The zero-order chi connectivity index (χ0) is 55.5. The lowest BCUT2D eigenvalue weighted by atomic mass is 9.85. The van der Waals surface area contributed by atoms with Gasteiger partial charge in [0.1, 0.15) is 41.3 Å². The largest absolute Gasteiger partial charge is 0.494 e. The number of unbranched alkanes of at least 4 members (excludes halogenated alkanes) is 1. The predicted molar refractivity (Wildman–Crippen MR) is 302 cm³/mol. The molecule has 0 aliphatic carbocycles. The fraction of sp³-hybridized carbons (Fsp3) is 0.439. The Morgan fingerprint density at radius 1 is 0.833 bits per heavy atom. The van der Waals surface area contributed by atoms with Crippen LogP contribution < -0.4 is 20.7 Å². The molecular weight excluding hydrogens is 1050 g/mol. The van der Waals surface area contributed by atoms with Gasteiger partial charge < -0.3 is 44.9 Å². The standard InChI is InChI=1S/C57H68ClN9O9S2/c1-34-36(3)78-56-49(34)50(39-14-16-41(58)17-15-39)62-45(53-65-64-37(4)67(53)56)29-47(69)61-42-18-20-44(21-19-42)76-23-9-8-22-73-24-25-74-26-27-75-32-48(70)63-52(57(5,6)7)55(72)66-31-43(68)28-46(66)54(71)59-30-38-10-12-40(13-11-38)51-35(2)60-33-77-51/h10-21,33,43,45-46,52,68H,8-9,22-32H2,1-7H3,(H,59,71)(H,61,69)(H,63,70)/t43-,45+,46+,52-/m1/s1. The number of fused-ring (bicyclic) bond motifs is 3. The third-order valence-electron chi connectivity index (χ3n) is 13.5. The first kappa shape index (κ1) is 57.8. The SMILES string of the molecule is Cc1ncsc1-c1ccc(CNC(=O)[C@@H]2C[C@@H](O)CN2C(=O)[C@@H](NC(=O)COCCOCCOCCCCOc2ccc(NC(=O)C[C@@H]3N=C(c4ccc(Cl)cc4)c4c(sc(C)c4C)-n4c(C)nnc43)cc2)C(C)(C)C)cc1. The number of likely N-dealkylation sites (tertiary alicyclic amines) is 1. The molecule has 8 rings (SSSR count). The van der Waals surface area contributed by atoms with Crippen LogP contribution in [0.25, 0.3) is 15.4 Å². The molecule has 0 bridgehead atoms. The van der Waals surface area contributed by atoms with E-state index >= 15 is 0 Å². The molecule has 4 N–H and O–H groups in total. The number of aliphatic imine (C=N–C) groups is 1. The van der Waals surface area contributed by atoms with Crippen LogP contribution in [-0.4, -0.2) is 130 Å². The maximum Gasteiger partial charge on any atom is 0.246 e. The summed E-state index contributed by atoms with van der Waals surface area (Å²) < 4.78 is 24.9. The number of amides is 4. The Hall–Kier alpha value is -6.39. The average Bonchev–Trinajstić information content (AvgIpc) is 4.30. The zero-order valence-corrected chi connectivity index (χ0v) is 47.5. The number of aliphatic hydroxyl groups is 1. The molecule has 6 aromatic rings. The van der Waals surface area contributed by atoms with Crippen molar-refractivity contribution in [1.29, 1.82) is 0 Å². The molecule has 0 spiro atoms. The first-order chi connectivity index (χ1) is 37.4. The van der Waals surface area contributed by atoms with Crippen molar-refractivity contribution < 1.29 is 43.2 Å². The second kappa shape index (κ2) is 26.5. The van der Waals surface area contributed by atoms with Crippen molar-refractivity contribution >= 4 is 69.3 Å². The lowest BCUT2D eigenvalue weighted by Crippen LogP contribution is -2.58. The minimum absolute atomic E-state index is 0.0205. The minimum atomic E-state index is -0.970. The number of ether oxygens (including phenoxy) is 4. The molecule has 0 radical (unpaired) electrons. The Morgan fingerprint density at radius 2 is 1.51 bits per heavy atom. The summed E-state index contributed by atoms with van der Waals surface area (Å²) in [5.74, 6) is 0.500. The van der Waals surface area contributed by atoms with E-state index in [0.717, 1.165) is 67.8 Å². The van der Waals surface area contributed by atoms with Crippen LogP contribution in [0, 0.1) is 33.1 Å². The second-order valence-electron chi connectivity index (χ2n) is 20.5. The van der Waals surface area contributed by atoms with E-state index < -0.39 is 41.5 Å². The number of anilines is 1. The molecule has 18 nitrogen and oxygen atoms in total. The van der Waals surface area contributed by atoms with Gasteiger partial charge in [0.2, 0.25) is 23.6 Å². The van der Waals surface area contributed by atoms with Gasteiger partial charge in [-0.3, -0.25) is 28.7 Å². The van der Waals surface area contributed by atoms with Crippen LogP contribution >= 0.6 is 34.3 Å². The molecule has 2 aliphatic rings. The second-order valence-corrected chi connectivity index (χ2v) is 23.0. The van der Waals surface area contributed by atoms with Crippen molar-refractivity contribution in [3.8, 4) is 21.2 Å². The Bertz CT molecular complexity index is 3060. The van der Waals surface area contributed by atoms with Gasteiger partial charge in [-0.1, -0.05) is 68.8 Å². The van der Waals surface area contributed by atoms with Gasteiger partial charge in [0.05, 0.1) is 67.4 Å². The average molecular weight is 1120 g/mol. The fourth-order valence-corrected chi connectivity index (χ4v) is 11.4. The molecule has 3 aromatic carbocycles. The number of aliphatic hydroxyl groups excluding tert-OH is 1. The van der Waals surface area contributed by atoms with Crippen LogP contribution in [-0.2, 0) is 39.9 Å². The molecule has 1 saturated heterocycles. The van der Waals surface area contributed by atoms with E-state index in [4.69, 9.17) is 35.5 Å². The maximum absolute atomic E-state index is 14.0. The van der Waals surface area contributed by atoms with E-state index in [9.17, 15) is 24.3 Å². The molecule has 2 aliphatic heterocycles. The van der Waals surface area contributed by atoms with Crippen molar-refractivity contribution in [1.82, 2.24) is 35.3 Å². The number of hydrogen-bond donors (Lipinski definition) is 4. The van der Waals surface area contributed by atoms with Gasteiger partial charge in [0, 0.05) is 52.8 Å². The topological polar surface area (TPSA) is 221 Å². The first-order valence-corrected chi connectivity index (χ1v) is 28.2. The monoisotopic (exact) mass is 1120 g/mol. The summed E-state index contributed by atoms with van der Waals surface area (Å²) in [5, 5.41) is 29.8. The number of rotatable bonds is 24. The molecule has 0 unspecified atom stereocenters. The van der Waals surface area contributed by atoms with Crippen LogP contribution in [0.2, 0.25) is 5.02 Å². The van der Waals surface area contributed by atoms with Gasteiger partial charge in [-0.15, -0.1) is 32.9 Å². The number of thiazole rings is 1. The molecule has 4 atom stereocenters. The number of carbonyl (C=O) groups excluding carboxylic acids is 4. The van der Waals surface area contributed by atoms with Gasteiger partial charge in [-0.05, 0) is 99.0 Å². The Labute approximate surface area is 467 Å². The number of benzene rings is 3. The van der Waals surface area contributed by atoms with Crippen LogP contribution in [0.3, 0.4) is 0 Å². The molecule has 414 valence electrons. The summed E-state index contributed by atoms with van der Waals surface area (Å²) in [6.45, 7) is 15.7. The first-order valence-electron chi connectivity index (χ1n) is 26.1. The Morgan fingerprint density at radius 3 is 2.21 bits per heavy atom. The third-order valence-corrected chi connectivity index (χ3v) is 15.9. The van der Waals surface area contributed by atoms with Gasteiger partial charge in [0.15, 0.2) is 5.82 Å². The highest BCUT2D eigenvalue weighted by atomic mass is 35.5. The van der Waals surface area contributed by atoms with Gasteiger partial charge >= 0.3 is 0 Å². The van der Waals surface area contributed by atoms with E-state index in [2.05, 4.69) is 45.0 Å². The highest BCUT2D eigenvalue weighted by Gasteiger charge is 2.44. The molecule has 1 fully saturated rings. The maximum atomic E-state index is 14.0. The third kappa shape index (κ3) is 14.6. The van der Waals surface area contributed by atoms with E-state index in [1.165, 1.54) is 9.78 Å². The lowest BCUT2D eigenvalue weighted by molar-refractivity contribution is -0.144. The number of halogens is 1. The smallest absolute Gasteiger partial charge is 0.246 e. The number of nitrogens with one attached hydrogen (secondary N) is 3. The summed E-state index contributed by atoms with van der Waals surface area (Å²) in [4.78, 5) is 67.2. The van der Waals surface area contributed by atoms with Crippen molar-refractivity contribution in [2.45, 2.75) is 105 Å².